The van der Waals surface area contributed by atoms with Crippen LogP contribution in [0.1, 0.15) is 39.6 Å². The predicted octanol–water partition coefficient (Wildman–Crippen LogP) is 3.50. The maximum atomic E-state index is 12.5. The zero-order valence-electron chi connectivity index (χ0n) is 15.0. The number of nitrogens with one attached hydrogen (secondary N) is 3. The second-order valence-corrected chi connectivity index (χ2v) is 7.04. The van der Waals surface area contributed by atoms with Crippen LogP contribution in [0.25, 0.3) is 0 Å². The third-order valence-corrected chi connectivity index (χ3v) is 4.14. The second kappa shape index (κ2) is 10.0. The summed E-state index contributed by atoms with van der Waals surface area (Å²) in [6.07, 6.45) is 0.822. The Morgan fingerprint density at radius 3 is 2.59 bits per heavy atom. The third-order valence-electron chi connectivity index (χ3n) is 3.44. The Balaban J connectivity index is 1.96. The van der Waals surface area contributed by atoms with Crippen LogP contribution in [0.5, 0.6) is 5.75 Å². The highest BCUT2D eigenvalue weighted by Gasteiger charge is 2.15. The van der Waals surface area contributed by atoms with Crippen LogP contribution in [0.15, 0.2) is 46.9 Å². The molecule has 27 heavy (non-hydrogen) atoms. The Labute approximate surface area is 171 Å². The summed E-state index contributed by atoms with van der Waals surface area (Å²) in [5, 5.41) is 2.50. The quantitative estimate of drug-likeness (QED) is 0.480. The molecule has 0 bridgehead atoms. The lowest BCUT2D eigenvalue weighted by atomic mass is 10.1. The molecule has 0 fully saturated rings. The van der Waals surface area contributed by atoms with Gasteiger partial charge in [0.25, 0.3) is 11.8 Å². The van der Waals surface area contributed by atoms with E-state index in [0.29, 0.717) is 23.5 Å². The minimum Gasteiger partial charge on any atom is -0.493 e. The maximum absolute atomic E-state index is 12.5. The van der Waals surface area contributed by atoms with Crippen LogP contribution in [-0.4, -0.2) is 23.5 Å². The van der Waals surface area contributed by atoms with Gasteiger partial charge in [0.2, 0.25) is 0 Å². The number of thiocarbonyl (C=S) groups is 1. The lowest BCUT2D eigenvalue weighted by Crippen LogP contribution is -2.48. The molecule has 2 amide bonds. The van der Waals surface area contributed by atoms with Gasteiger partial charge >= 0.3 is 0 Å². The largest absolute Gasteiger partial charge is 0.493 e. The minimum atomic E-state index is -0.440. The van der Waals surface area contributed by atoms with E-state index in [1.807, 2.05) is 19.9 Å². The molecule has 0 aromatic heterocycles. The molecule has 6 nitrogen and oxygen atoms in total. The van der Waals surface area contributed by atoms with E-state index in [1.54, 1.807) is 36.4 Å². The van der Waals surface area contributed by atoms with E-state index >= 15 is 0 Å². The molecule has 3 N–H and O–H groups in total. The number of ether oxygens (including phenoxy) is 1. The fourth-order valence-corrected chi connectivity index (χ4v) is 2.70. The summed E-state index contributed by atoms with van der Waals surface area (Å²) >= 11 is 8.42. The summed E-state index contributed by atoms with van der Waals surface area (Å²) in [5.41, 5.74) is 6.77. The van der Waals surface area contributed by atoms with Crippen molar-refractivity contribution in [2.24, 2.45) is 0 Å². The molecule has 8 heteroatoms. The van der Waals surface area contributed by atoms with Crippen LogP contribution < -0.4 is 20.9 Å². The average molecular weight is 450 g/mol. The van der Waals surface area contributed by atoms with Crippen molar-refractivity contribution in [1.29, 1.82) is 0 Å². The van der Waals surface area contributed by atoms with E-state index in [9.17, 15) is 9.59 Å². The number of halogens is 1. The molecule has 0 heterocycles. The number of carbonyl (C=O) groups is 2. The van der Waals surface area contributed by atoms with Crippen molar-refractivity contribution in [1.82, 2.24) is 16.2 Å². The number of hydrogen-bond donors (Lipinski definition) is 3. The zero-order valence-corrected chi connectivity index (χ0v) is 17.4. The smallest absolute Gasteiger partial charge is 0.269 e. The summed E-state index contributed by atoms with van der Waals surface area (Å²) in [6, 6.07) is 12.3. The SMILES string of the molecule is CCCOc1ccc(Br)cc1C(=O)NC(=S)NNC(=O)c1cccc(C)c1. The molecule has 2 aromatic rings. The van der Waals surface area contributed by atoms with Crippen molar-refractivity contribution in [2.75, 3.05) is 6.61 Å². The van der Waals surface area contributed by atoms with Gasteiger partial charge in [0.15, 0.2) is 5.11 Å². The molecule has 0 spiro atoms. The van der Waals surface area contributed by atoms with E-state index < -0.39 is 5.91 Å². The number of benzene rings is 2. The van der Waals surface area contributed by atoms with Crippen molar-refractivity contribution in [3.05, 3.63) is 63.6 Å². The molecule has 0 radical (unpaired) electrons. The topological polar surface area (TPSA) is 79.5 Å². The van der Waals surface area contributed by atoms with Gasteiger partial charge in [0, 0.05) is 10.0 Å². The van der Waals surface area contributed by atoms with Crippen molar-refractivity contribution >= 4 is 45.1 Å². The summed E-state index contributed by atoms with van der Waals surface area (Å²) in [7, 11) is 0. The van der Waals surface area contributed by atoms with Crippen molar-refractivity contribution in [2.45, 2.75) is 20.3 Å². The molecule has 0 saturated heterocycles. The highest BCUT2D eigenvalue weighted by Crippen LogP contribution is 2.23. The second-order valence-electron chi connectivity index (χ2n) is 5.72. The Morgan fingerprint density at radius 1 is 1.11 bits per heavy atom. The van der Waals surface area contributed by atoms with Crippen LogP contribution in [0.2, 0.25) is 0 Å². The Bertz CT molecular complexity index is 858. The Hall–Kier alpha value is -2.45. The van der Waals surface area contributed by atoms with Crippen molar-refractivity contribution in [3.63, 3.8) is 0 Å². The molecule has 0 aliphatic rings. The van der Waals surface area contributed by atoms with Crippen LogP contribution in [0, 0.1) is 6.92 Å². The predicted molar refractivity (Wildman–Crippen MR) is 112 cm³/mol. The average Bonchev–Trinajstić information content (AvgIpc) is 2.65. The van der Waals surface area contributed by atoms with Gasteiger partial charge in [-0.3, -0.25) is 25.8 Å². The summed E-state index contributed by atoms with van der Waals surface area (Å²) in [5.74, 6) is -0.335. The van der Waals surface area contributed by atoms with E-state index in [2.05, 4.69) is 32.1 Å². The van der Waals surface area contributed by atoms with Crippen molar-refractivity contribution < 1.29 is 14.3 Å². The third kappa shape index (κ3) is 6.33. The van der Waals surface area contributed by atoms with E-state index in [1.165, 1.54) is 0 Å². The van der Waals surface area contributed by atoms with E-state index in [0.717, 1.165) is 16.5 Å². The normalized spacial score (nSPS) is 10.0. The van der Waals surface area contributed by atoms with E-state index in [4.69, 9.17) is 17.0 Å². The first-order chi connectivity index (χ1) is 12.9. The van der Waals surface area contributed by atoms with Gasteiger partial charge in [-0.25, -0.2) is 0 Å². The molecular weight excluding hydrogens is 430 g/mol. The zero-order chi connectivity index (χ0) is 19.8. The lowest BCUT2D eigenvalue weighted by Gasteiger charge is -2.13. The van der Waals surface area contributed by atoms with Gasteiger partial charge in [-0.05, 0) is 55.9 Å². The summed E-state index contributed by atoms with van der Waals surface area (Å²) < 4.78 is 6.34. The van der Waals surface area contributed by atoms with Crippen LogP contribution in [-0.2, 0) is 0 Å². The van der Waals surface area contributed by atoms with Crippen LogP contribution in [0.3, 0.4) is 0 Å². The molecule has 0 aliphatic carbocycles. The molecule has 0 atom stereocenters. The van der Waals surface area contributed by atoms with Crippen LogP contribution >= 0.6 is 28.1 Å². The first-order valence-electron chi connectivity index (χ1n) is 8.31. The molecule has 2 aromatic carbocycles. The fraction of sp³-hybridized carbons (Fsp3) is 0.211. The number of hydrazine groups is 1. The molecule has 0 aliphatic heterocycles. The first-order valence-corrected chi connectivity index (χ1v) is 9.51. The molecule has 142 valence electrons. The van der Waals surface area contributed by atoms with Gasteiger partial charge in [0.05, 0.1) is 12.2 Å². The Morgan fingerprint density at radius 2 is 1.89 bits per heavy atom. The van der Waals surface area contributed by atoms with Gasteiger partial charge in [-0.2, -0.15) is 0 Å². The number of carbonyl (C=O) groups excluding carboxylic acids is 2. The lowest BCUT2D eigenvalue weighted by molar-refractivity contribution is 0.0933. The number of rotatable bonds is 5. The van der Waals surface area contributed by atoms with E-state index in [-0.39, 0.29) is 11.0 Å². The number of hydrogen-bond acceptors (Lipinski definition) is 4. The maximum Gasteiger partial charge on any atom is 0.269 e. The van der Waals surface area contributed by atoms with Gasteiger partial charge in [0.1, 0.15) is 5.75 Å². The number of amides is 2. The van der Waals surface area contributed by atoms with Gasteiger partial charge in [-0.1, -0.05) is 40.5 Å². The standard InChI is InChI=1S/C19H20BrN3O3S/c1-3-9-26-16-8-7-14(20)11-15(16)18(25)21-19(27)23-22-17(24)13-6-4-5-12(2)10-13/h4-8,10-11H,3,9H2,1-2H3,(H,22,24)(H2,21,23,25,27). The Kier molecular flexibility index (Phi) is 7.75. The highest BCUT2D eigenvalue weighted by molar-refractivity contribution is 9.10. The molecular formula is C19H20BrN3O3S. The van der Waals surface area contributed by atoms with Crippen molar-refractivity contribution in [3.8, 4) is 5.75 Å². The van der Waals surface area contributed by atoms with Gasteiger partial charge in [-0.15, -0.1) is 0 Å². The summed E-state index contributed by atoms with van der Waals surface area (Å²) in [4.78, 5) is 24.6. The van der Waals surface area contributed by atoms with Gasteiger partial charge < -0.3 is 4.74 Å². The number of aryl methyl sites for hydroxylation is 1. The minimum absolute atomic E-state index is 0.0255. The monoisotopic (exact) mass is 449 g/mol. The first kappa shape index (κ1) is 20.9. The molecule has 0 saturated carbocycles. The van der Waals surface area contributed by atoms with Crippen LogP contribution in [0.4, 0.5) is 0 Å². The summed E-state index contributed by atoms with van der Waals surface area (Å²) in [6.45, 7) is 4.37. The molecule has 2 rings (SSSR count). The fourth-order valence-electron chi connectivity index (χ4n) is 2.19. The molecule has 0 unspecified atom stereocenters. The highest BCUT2D eigenvalue weighted by atomic mass is 79.9.